The number of thiophene rings is 1. The van der Waals surface area contributed by atoms with E-state index in [-0.39, 0.29) is 12.5 Å². The maximum Gasteiger partial charge on any atom is 0.336 e. The number of carbonyl (C=O) groups is 1. The molecule has 0 unspecified atom stereocenters. The van der Waals surface area contributed by atoms with Crippen LogP contribution in [0.25, 0.3) is 15.9 Å². The molecule has 0 N–H and O–H groups in total. The molecule has 8 heteroatoms. The Morgan fingerprint density at radius 3 is 2.45 bits per heavy atom. The maximum absolute atomic E-state index is 13.5. The van der Waals surface area contributed by atoms with Crippen LogP contribution in [0.5, 0.6) is 5.75 Å². The van der Waals surface area contributed by atoms with E-state index in [1.165, 1.54) is 23.0 Å². The van der Waals surface area contributed by atoms with Crippen LogP contribution in [-0.2, 0) is 11.3 Å². The van der Waals surface area contributed by atoms with Crippen molar-refractivity contribution in [3.8, 4) is 11.4 Å². The number of carbonyl (C=O) groups excluding carboxylic acids is 1. The molecule has 4 rings (SSSR count). The lowest BCUT2D eigenvalue weighted by Crippen LogP contribution is -2.42. The van der Waals surface area contributed by atoms with Gasteiger partial charge in [0.25, 0.3) is 5.56 Å². The van der Waals surface area contributed by atoms with Gasteiger partial charge in [0.05, 0.1) is 18.3 Å². The van der Waals surface area contributed by atoms with E-state index < -0.39 is 11.2 Å². The molecule has 0 aliphatic rings. The zero-order valence-electron chi connectivity index (χ0n) is 17.1. The van der Waals surface area contributed by atoms with Gasteiger partial charge in [0, 0.05) is 12.2 Å². The van der Waals surface area contributed by atoms with Crippen molar-refractivity contribution in [2.75, 3.05) is 18.6 Å². The number of ether oxygens (including phenoxy) is 1. The average Bonchev–Trinajstić information content (AvgIpc) is 3.28. The molecule has 0 saturated carbocycles. The third-order valence-corrected chi connectivity index (χ3v) is 5.95. The molecule has 7 nitrogen and oxygen atoms in total. The fourth-order valence-electron chi connectivity index (χ4n) is 3.60. The number of aromatic nitrogens is 2. The molecule has 1 amide bonds. The minimum absolute atomic E-state index is 0.190. The second kappa shape index (κ2) is 8.61. The Kier molecular flexibility index (Phi) is 5.73. The molecule has 0 bridgehead atoms. The summed E-state index contributed by atoms with van der Waals surface area (Å²) >= 11 is 1.24. The van der Waals surface area contributed by atoms with Crippen LogP contribution in [0.1, 0.15) is 6.92 Å². The Balaban J connectivity index is 1.87. The first-order chi connectivity index (χ1) is 15.1. The highest BCUT2D eigenvalue weighted by atomic mass is 32.1. The van der Waals surface area contributed by atoms with Crippen molar-refractivity contribution in [2.45, 2.75) is 13.5 Å². The summed E-state index contributed by atoms with van der Waals surface area (Å²) in [5.41, 5.74) is 0.523. The lowest BCUT2D eigenvalue weighted by Gasteiger charge is -2.22. The molecular weight excluding hydrogens is 414 g/mol. The van der Waals surface area contributed by atoms with Gasteiger partial charge in [0.2, 0.25) is 5.91 Å². The summed E-state index contributed by atoms with van der Waals surface area (Å²) in [6, 6.07) is 17.8. The second-order valence-electron chi connectivity index (χ2n) is 6.79. The summed E-state index contributed by atoms with van der Waals surface area (Å²) in [4.78, 5) is 41.4. The molecular formula is C23H21N3O4S. The molecule has 0 saturated heterocycles. The Labute approximate surface area is 182 Å². The molecule has 2 aromatic heterocycles. The Morgan fingerprint density at radius 2 is 1.74 bits per heavy atom. The van der Waals surface area contributed by atoms with Crippen LogP contribution in [0, 0.1) is 0 Å². The molecule has 0 fully saturated rings. The lowest BCUT2D eigenvalue weighted by atomic mass is 10.2. The highest BCUT2D eigenvalue weighted by molar-refractivity contribution is 7.17. The third-order valence-electron chi connectivity index (χ3n) is 5.06. The molecule has 0 radical (unpaired) electrons. The first-order valence-corrected chi connectivity index (χ1v) is 10.7. The van der Waals surface area contributed by atoms with Crippen LogP contribution in [-0.4, -0.2) is 28.7 Å². The molecule has 2 aromatic carbocycles. The number of anilines is 1. The van der Waals surface area contributed by atoms with Crippen molar-refractivity contribution < 1.29 is 9.53 Å². The van der Waals surface area contributed by atoms with Crippen molar-refractivity contribution >= 4 is 33.1 Å². The zero-order valence-corrected chi connectivity index (χ0v) is 18.0. The van der Waals surface area contributed by atoms with Crippen molar-refractivity contribution in [2.24, 2.45) is 0 Å². The van der Waals surface area contributed by atoms with Gasteiger partial charge in [-0.15, -0.1) is 11.3 Å². The van der Waals surface area contributed by atoms with E-state index in [1.54, 1.807) is 40.6 Å². The minimum Gasteiger partial charge on any atom is -0.495 e. The van der Waals surface area contributed by atoms with Gasteiger partial charge in [-0.3, -0.25) is 14.2 Å². The van der Waals surface area contributed by atoms with Gasteiger partial charge in [-0.1, -0.05) is 30.3 Å². The number of fused-ring (bicyclic) bond motifs is 1. The first-order valence-electron chi connectivity index (χ1n) is 9.78. The predicted octanol–water partition coefficient (Wildman–Crippen LogP) is 3.28. The standard InChI is InChI=1S/C23H21N3O4S/c1-3-24(16-9-5-4-6-10-16)20(27)15-25-18-13-14-31-21(18)22(28)26(23(25)29)17-11-7-8-12-19(17)30-2/h4-14H,3,15H2,1-2H3. The van der Waals surface area contributed by atoms with Crippen molar-refractivity contribution in [1.82, 2.24) is 9.13 Å². The fraction of sp³-hybridized carbons (Fsp3) is 0.174. The van der Waals surface area contributed by atoms with Gasteiger partial charge < -0.3 is 9.64 Å². The maximum atomic E-state index is 13.5. The molecule has 2 heterocycles. The average molecular weight is 436 g/mol. The quantitative estimate of drug-likeness (QED) is 0.466. The van der Waals surface area contributed by atoms with Crippen molar-refractivity contribution in [3.05, 3.63) is 86.9 Å². The Hall–Kier alpha value is -3.65. The Morgan fingerprint density at radius 1 is 1.03 bits per heavy atom. The van der Waals surface area contributed by atoms with Crippen LogP contribution in [0.4, 0.5) is 5.69 Å². The van der Waals surface area contributed by atoms with E-state index in [0.717, 1.165) is 10.3 Å². The number of hydrogen-bond donors (Lipinski definition) is 0. The highest BCUT2D eigenvalue weighted by Gasteiger charge is 2.21. The predicted molar refractivity (Wildman–Crippen MR) is 123 cm³/mol. The van der Waals surface area contributed by atoms with Gasteiger partial charge in [-0.2, -0.15) is 0 Å². The summed E-state index contributed by atoms with van der Waals surface area (Å²) < 4.78 is 8.19. The molecule has 0 aliphatic heterocycles. The number of rotatable bonds is 6. The number of benzene rings is 2. The number of amides is 1. The van der Waals surface area contributed by atoms with E-state index in [2.05, 4.69) is 0 Å². The topological polar surface area (TPSA) is 73.5 Å². The largest absolute Gasteiger partial charge is 0.495 e. The van der Waals surface area contributed by atoms with E-state index in [9.17, 15) is 14.4 Å². The van der Waals surface area contributed by atoms with Gasteiger partial charge in [-0.25, -0.2) is 9.36 Å². The van der Waals surface area contributed by atoms with Crippen LogP contribution in [0.3, 0.4) is 0 Å². The van der Waals surface area contributed by atoms with E-state index in [0.29, 0.717) is 28.2 Å². The summed E-state index contributed by atoms with van der Waals surface area (Å²) in [5, 5.41) is 1.74. The number of nitrogens with zero attached hydrogens (tertiary/aromatic N) is 3. The Bertz CT molecular complexity index is 1350. The second-order valence-corrected chi connectivity index (χ2v) is 7.71. The van der Waals surface area contributed by atoms with E-state index in [1.807, 2.05) is 37.3 Å². The lowest BCUT2D eigenvalue weighted by molar-refractivity contribution is -0.119. The van der Waals surface area contributed by atoms with Crippen LogP contribution < -0.4 is 20.9 Å². The van der Waals surface area contributed by atoms with Crippen molar-refractivity contribution in [1.29, 1.82) is 0 Å². The zero-order chi connectivity index (χ0) is 22.0. The van der Waals surface area contributed by atoms with Crippen LogP contribution in [0.15, 0.2) is 75.6 Å². The third kappa shape index (κ3) is 3.66. The van der Waals surface area contributed by atoms with Crippen LogP contribution >= 0.6 is 11.3 Å². The molecule has 158 valence electrons. The summed E-state index contributed by atoms with van der Waals surface area (Å²) in [6.45, 7) is 2.14. The molecule has 0 aliphatic carbocycles. The first kappa shape index (κ1) is 20.6. The number of methoxy groups -OCH3 is 1. The molecule has 4 aromatic rings. The van der Waals surface area contributed by atoms with Gasteiger partial charge >= 0.3 is 5.69 Å². The molecule has 0 spiro atoms. The van der Waals surface area contributed by atoms with E-state index in [4.69, 9.17) is 4.74 Å². The number of para-hydroxylation sites is 3. The normalized spacial score (nSPS) is 10.9. The summed E-state index contributed by atoms with van der Waals surface area (Å²) in [6.07, 6.45) is 0. The monoisotopic (exact) mass is 435 g/mol. The molecule has 0 atom stereocenters. The van der Waals surface area contributed by atoms with Gasteiger partial charge in [0.1, 0.15) is 17.0 Å². The summed E-state index contributed by atoms with van der Waals surface area (Å²) in [7, 11) is 1.48. The number of hydrogen-bond acceptors (Lipinski definition) is 5. The fourth-order valence-corrected chi connectivity index (χ4v) is 4.42. The minimum atomic E-state index is -0.585. The SMILES string of the molecule is CCN(C(=O)Cn1c(=O)n(-c2ccccc2OC)c(=O)c2sccc21)c1ccccc1. The molecule has 31 heavy (non-hydrogen) atoms. The van der Waals surface area contributed by atoms with E-state index >= 15 is 0 Å². The smallest absolute Gasteiger partial charge is 0.336 e. The van der Waals surface area contributed by atoms with Crippen LogP contribution in [0.2, 0.25) is 0 Å². The van der Waals surface area contributed by atoms with Crippen molar-refractivity contribution in [3.63, 3.8) is 0 Å². The van der Waals surface area contributed by atoms with Gasteiger partial charge in [0.15, 0.2) is 0 Å². The number of likely N-dealkylation sites (N-methyl/N-ethyl adjacent to an activating group) is 1. The summed E-state index contributed by atoms with van der Waals surface area (Å²) in [5.74, 6) is 0.156. The highest BCUT2D eigenvalue weighted by Crippen LogP contribution is 2.22. The van der Waals surface area contributed by atoms with Gasteiger partial charge in [-0.05, 0) is 42.6 Å².